The molecule has 1 aromatic carbocycles. The van der Waals surface area contributed by atoms with Crippen LogP contribution >= 0.6 is 11.6 Å². The molecule has 6 heteroatoms. The summed E-state index contributed by atoms with van der Waals surface area (Å²) >= 11 is 5.46. The molecule has 3 aromatic rings. The summed E-state index contributed by atoms with van der Waals surface area (Å²) < 4.78 is 6.83. The van der Waals surface area contributed by atoms with Gasteiger partial charge in [-0.05, 0) is 29.7 Å². The predicted octanol–water partition coefficient (Wildman–Crippen LogP) is 3.69. The standard InChI is InChI=1S/C20H16ClNO4/c1-3-14-16(19(24)20(21)25)15-11-13(26-2)9-10-22(15)17(14)18(23)12-7-5-4-6-8-12/h4-11H,3H2,1-2H3. The van der Waals surface area contributed by atoms with Crippen LogP contribution in [-0.4, -0.2) is 28.3 Å². The molecule has 2 aromatic heterocycles. The Morgan fingerprint density at radius 1 is 1.12 bits per heavy atom. The quantitative estimate of drug-likeness (QED) is 0.377. The summed E-state index contributed by atoms with van der Waals surface area (Å²) in [6.07, 6.45) is 2.04. The Kier molecular flexibility index (Phi) is 4.91. The van der Waals surface area contributed by atoms with Gasteiger partial charge in [0.25, 0.3) is 5.24 Å². The summed E-state index contributed by atoms with van der Waals surface area (Å²) in [7, 11) is 1.50. The number of methoxy groups -OCH3 is 1. The molecule has 0 atom stereocenters. The number of aromatic nitrogens is 1. The second-order valence-electron chi connectivity index (χ2n) is 5.68. The van der Waals surface area contributed by atoms with Crippen LogP contribution in [-0.2, 0) is 11.2 Å². The van der Waals surface area contributed by atoms with E-state index in [9.17, 15) is 14.4 Å². The third kappa shape index (κ3) is 2.91. The lowest BCUT2D eigenvalue weighted by Crippen LogP contribution is -2.11. The molecule has 132 valence electrons. The molecule has 5 nitrogen and oxygen atoms in total. The minimum Gasteiger partial charge on any atom is -0.497 e. The second kappa shape index (κ2) is 7.14. The molecule has 0 unspecified atom stereocenters. The Morgan fingerprint density at radius 3 is 2.38 bits per heavy atom. The first-order chi connectivity index (χ1) is 12.5. The fraction of sp³-hybridized carbons (Fsp3) is 0.150. The highest BCUT2D eigenvalue weighted by Crippen LogP contribution is 2.30. The predicted molar refractivity (Wildman–Crippen MR) is 98.4 cm³/mol. The van der Waals surface area contributed by atoms with Crippen molar-refractivity contribution in [1.82, 2.24) is 4.40 Å². The topological polar surface area (TPSA) is 64.8 Å². The molecule has 0 aliphatic rings. The fourth-order valence-corrected chi connectivity index (χ4v) is 3.18. The number of rotatable bonds is 6. The number of ether oxygens (including phenoxy) is 1. The number of fused-ring (bicyclic) bond motifs is 1. The number of hydrogen-bond acceptors (Lipinski definition) is 4. The first kappa shape index (κ1) is 17.9. The molecule has 0 saturated heterocycles. The molecule has 0 N–H and O–H groups in total. The number of benzene rings is 1. The number of ketones is 2. The van der Waals surface area contributed by atoms with Crippen molar-refractivity contribution >= 4 is 33.9 Å². The Labute approximate surface area is 155 Å². The van der Waals surface area contributed by atoms with Crippen LogP contribution in [0.2, 0.25) is 0 Å². The average Bonchev–Trinajstić information content (AvgIpc) is 3.00. The lowest BCUT2D eigenvalue weighted by atomic mass is 9.99. The summed E-state index contributed by atoms with van der Waals surface area (Å²) in [5, 5.41) is -1.09. The number of carbonyl (C=O) groups excluding carboxylic acids is 3. The number of carbonyl (C=O) groups is 3. The third-order valence-electron chi connectivity index (χ3n) is 4.26. The van der Waals surface area contributed by atoms with Crippen molar-refractivity contribution in [3.63, 3.8) is 0 Å². The van der Waals surface area contributed by atoms with Crippen molar-refractivity contribution in [2.24, 2.45) is 0 Å². The van der Waals surface area contributed by atoms with Gasteiger partial charge in [-0.3, -0.25) is 14.4 Å². The molecule has 26 heavy (non-hydrogen) atoms. The molecule has 3 rings (SSSR count). The van der Waals surface area contributed by atoms with Gasteiger partial charge in [-0.2, -0.15) is 0 Å². The molecular formula is C20H16ClNO4. The van der Waals surface area contributed by atoms with Crippen LogP contribution in [0.4, 0.5) is 0 Å². The zero-order valence-electron chi connectivity index (χ0n) is 14.3. The van der Waals surface area contributed by atoms with E-state index >= 15 is 0 Å². The van der Waals surface area contributed by atoms with Crippen molar-refractivity contribution < 1.29 is 19.1 Å². The maximum atomic E-state index is 13.1. The summed E-state index contributed by atoms with van der Waals surface area (Å²) in [5.74, 6) is -0.558. The minimum absolute atomic E-state index is 0.144. The smallest absolute Gasteiger partial charge is 0.293 e. The molecular weight excluding hydrogens is 354 g/mol. The Hall–Kier alpha value is -2.92. The van der Waals surface area contributed by atoms with E-state index in [2.05, 4.69) is 0 Å². The van der Waals surface area contributed by atoms with E-state index in [1.807, 2.05) is 13.0 Å². The van der Waals surface area contributed by atoms with Gasteiger partial charge in [-0.15, -0.1) is 0 Å². The van der Waals surface area contributed by atoms with Crippen LogP contribution in [0.3, 0.4) is 0 Å². The molecule has 0 bridgehead atoms. The van der Waals surface area contributed by atoms with Crippen LogP contribution in [0, 0.1) is 0 Å². The Bertz CT molecular complexity index is 1020. The number of pyridine rings is 1. The molecule has 2 heterocycles. The molecule has 0 spiro atoms. The summed E-state index contributed by atoms with van der Waals surface area (Å²) in [6, 6.07) is 12.1. The zero-order valence-corrected chi connectivity index (χ0v) is 15.0. The van der Waals surface area contributed by atoms with Crippen molar-refractivity contribution in [3.05, 3.63) is 71.0 Å². The maximum absolute atomic E-state index is 13.1. The maximum Gasteiger partial charge on any atom is 0.293 e. The van der Waals surface area contributed by atoms with Gasteiger partial charge in [-0.25, -0.2) is 0 Å². The average molecular weight is 370 g/mol. The van der Waals surface area contributed by atoms with E-state index < -0.39 is 11.0 Å². The van der Waals surface area contributed by atoms with Gasteiger partial charge in [0, 0.05) is 17.8 Å². The number of Topliss-reactive ketones (excluding diaryl/α,β-unsaturated/α-hetero) is 1. The van der Waals surface area contributed by atoms with Crippen molar-refractivity contribution in [1.29, 1.82) is 0 Å². The SMILES string of the molecule is CCc1c(C(=O)C(=O)Cl)c2cc(OC)ccn2c1C(=O)c1ccccc1. The lowest BCUT2D eigenvalue weighted by molar-refractivity contribution is -0.108. The molecule has 0 saturated carbocycles. The van der Waals surface area contributed by atoms with Gasteiger partial charge in [0.1, 0.15) is 5.75 Å². The van der Waals surface area contributed by atoms with Crippen LogP contribution in [0.15, 0.2) is 48.7 Å². The highest BCUT2D eigenvalue weighted by Gasteiger charge is 2.29. The van der Waals surface area contributed by atoms with Gasteiger partial charge in [0.2, 0.25) is 11.6 Å². The molecule has 0 radical (unpaired) electrons. The monoisotopic (exact) mass is 369 g/mol. The molecule has 0 amide bonds. The van der Waals surface area contributed by atoms with Gasteiger partial charge >= 0.3 is 0 Å². The van der Waals surface area contributed by atoms with Crippen molar-refractivity contribution in [3.8, 4) is 5.75 Å². The van der Waals surface area contributed by atoms with E-state index in [1.165, 1.54) is 7.11 Å². The van der Waals surface area contributed by atoms with Crippen LogP contribution in [0.25, 0.3) is 5.52 Å². The highest BCUT2D eigenvalue weighted by molar-refractivity contribution is 6.83. The summed E-state index contributed by atoms with van der Waals surface area (Å²) in [6.45, 7) is 1.82. The van der Waals surface area contributed by atoms with Crippen LogP contribution in [0.5, 0.6) is 5.75 Å². The minimum atomic E-state index is -1.09. The van der Waals surface area contributed by atoms with Crippen LogP contribution < -0.4 is 4.74 Å². The second-order valence-corrected chi connectivity index (χ2v) is 6.02. The lowest BCUT2D eigenvalue weighted by Gasteiger charge is -2.06. The molecule has 0 fully saturated rings. The fourth-order valence-electron chi connectivity index (χ4n) is 3.08. The van der Waals surface area contributed by atoms with E-state index in [4.69, 9.17) is 16.3 Å². The van der Waals surface area contributed by atoms with E-state index in [0.29, 0.717) is 34.5 Å². The Morgan fingerprint density at radius 2 is 1.81 bits per heavy atom. The first-order valence-electron chi connectivity index (χ1n) is 8.04. The van der Waals surface area contributed by atoms with E-state index in [-0.39, 0.29) is 11.3 Å². The largest absolute Gasteiger partial charge is 0.497 e. The van der Waals surface area contributed by atoms with Crippen molar-refractivity contribution in [2.45, 2.75) is 13.3 Å². The van der Waals surface area contributed by atoms with Gasteiger partial charge in [-0.1, -0.05) is 37.3 Å². The van der Waals surface area contributed by atoms with E-state index in [1.54, 1.807) is 47.0 Å². The summed E-state index contributed by atoms with van der Waals surface area (Å²) in [4.78, 5) is 37.1. The van der Waals surface area contributed by atoms with E-state index in [0.717, 1.165) is 0 Å². The third-order valence-corrected chi connectivity index (χ3v) is 4.43. The normalized spacial score (nSPS) is 10.7. The molecule has 0 aliphatic carbocycles. The molecule has 0 aliphatic heterocycles. The van der Waals surface area contributed by atoms with Gasteiger partial charge in [0.05, 0.1) is 23.9 Å². The van der Waals surface area contributed by atoms with Gasteiger partial charge in [0.15, 0.2) is 0 Å². The number of nitrogens with zero attached hydrogens (tertiary/aromatic N) is 1. The van der Waals surface area contributed by atoms with Crippen LogP contribution in [0.1, 0.15) is 38.9 Å². The summed E-state index contributed by atoms with van der Waals surface area (Å²) in [5.41, 5.74) is 1.89. The highest BCUT2D eigenvalue weighted by atomic mass is 35.5. The van der Waals surface area contributed by atoms with Crippen molar-refractivity contribution in [2.75, 3.05) is 7.11 Å². The van der Waals surface area contributed by atoms with Gasteiger partial charge < -0.3 is 9.14 Å². The number of hydrogen-bond donors (Lipinski definition) is 0. The zero-order chi connectivity index (χ0) is 18.8. The first-order valence-corrected chi connectivity index (χ1v) is 8.42. The Balaban J connectivity index is 2.37. The number of halogens is 1.